The highest BCUT2D eigenvalue weighted by Gasteiger charge is 1.92. The summed E-state index contributed by atoms with van der Waals surface area (Å²) in [6.45, 7) is 0. The lowest BCUT2D eigenvalue weighted by Gasteiger charge is -1.80. The summed E-state index contributed by atoms with van der Waals surface area (Å²) in [6.07, 6.45) is 4.74. The van der Waals surface area contributed by atoms with Crippen molar-refractivity contribution in [2.45, 2.75) is 0 Å². The molecular weight excluding hydrogens is 116 g/mol. The third kappa shape index (κ3) is 0.579. The molecule has 0 saturated heterocycles. The zero-order chi connectivity index (χ0) is 6.10. The van der Waals surface area contributed by atoms with Gasteiger partial charge in [-0.1, -0.05) is 0 Å². The second-order valence-electron chi connectivity index (χ2n) is 1.69. The van der Waals surface area contributed by atoms with Crippen molar-refractivity contribution in [1.82, 2.24) is 9.97 Å². The molecule has 2 aromatic rings. The lowest BCUT2D eigenvalue weighted by Crippen LogP contribution is -1.72. The summed E-state index contributed by atoms with van der Waals surface area (Å²) < 4.78 is 4.99. The number of fused-ring (bicyclic) bond motifs is 1. The number of hydrogen-bond acceptors (Lipinski definition) is 3. The van der Waals surface area contributed by atoms with Gasteiger partial charge >= 0.3 is 0 Å². The molecule has 0 fully saturated rings. The fourth-order valence-corrected chi connectivity index (χ4v) is 0.714. The average molecular weight is 120 g/mol. The molecule has 0 aliphatic carbocycles. The van der Waals surface area contributed by atoms with Gasteiger partial charge in [-0.25, -0.2) is 9.97 Å². The zero-order valence-electron chi connectivity index (χ0n) is 4.61. The predicted octanol–water partition coefficient (Wildman–Crippen LogP) is 1.22. The third-order valence-corrected chi connectivity index (χ3v) is 1.13. The van der Waals surface area contributed by atoms with Crippen LogP contribution >= 0.6 is 0 Å². The molecule has 0 unspecified atom stereocenters. The van der Waals surface area contributed by atoms with E-state index in [9.17, 15) is 0 Å². The van der Waals surface area contributed by atoms with Crippen LogP contribution in [0.1, 0.15) is 0 Å². The van der Waals surface area contributed by atoms with Crippen LogP contribution in [0.15, 0.2) is 29.3 Å². The van der Waals surface area contributed by atoms with Gasteiger partial charge in [-0.3, -0.25) is 0 Å². The molecule has 9 heavy (non-hydrogen) atoms. The van der Waals surface area contributed by atoms with Gasteiger partial charge in [0.1, 0.15) is 11.8 Å². The van der Waals surface area contributed by atoms with Crippen LogP contribution in [0.2, 0.25) is 0 Å². The molecular formula is C6H4N2O. The first-order valence-electron chi connectivity index (χ1n) is 2.60. The smallest absolute Gasteiger partial charge is 0.170 e. The molecule has 0 aliphatic heterocycles. The summed E-state index contributed by atoms with van der Waals surface area (Å²) in [5, 5.41) is 0. The minimum absolute atomic E-state index is 0.734. The van der Waals surface area contributed by atoms with Gasteiger partial charge < -0.3 is 4.42 Å². The third-order valence-electron chi connectivity index (χ3n) is 1.13. The van der Waals surface area contributed by atoms with Gasteiger partial charge in [0.05, 0.1) is 12.5 Å². The van der Waals surface area contributed by atoms with E-state index in [1.165, 1.54) is 6.33 Å². The molecule has 2 heterocycles. The van der Waals surface area contributed by atoms with Crippen LogP contribution in [0, 0.1) is 0 Å². The van der Waals surface area contributed by atoms with Crippen LogP contribution < -0.4 is 0 Å². The SMILES string of the molecule is c1ncc2occc2n1. The van der Waals surface area contributed by atoms with E-state index in [1.807, 2.05) is 0 Å². The summed E-state index contributed by atoms with van der Waals surface area (Å²) in [7, 11) is 0. The molecule has 3 heteroatoms. The first kappa shape index (κ1) is 4.49. The lowest BCUT2D eigenvalue weighted by atomic mass is 10.5. The fraction of sp³-hybridized carbons (Fsp3) is 0. The van der Waals surface area contributed by atoms with Crippen molar-refractivity contribution in [3.63, 3.8) is 0 Å². The second-order valence-corrected chi connectivity index (χ2v) is 1.69. The maximum absolute atomic E-state index is 4.99. The van der Waals surface area contributed by atoms with Crippen LogP contribution in [0.5, 0.6) is 0 Å². The molecule has 0 atom stereocenters. The van der Waals surface area contributed by atoms with Gasteiger partial charge in [-0.15, -0.1) is 0 Å². The second kappa shape index (κ2) is 1.55. The van der Waals surface area contributed by atoms with E-state index < -0.39 is 0 Å². The van der Waals surface area contributed by atoms with E-state index in [1.54, 1.807) is 18.5 Å². The lowest BCUT2D eigenvalue weighted by molar-refractivity contribution is 0.613. The van der Waals surface area contributed by atoms with Crippen molar-refractivity contribution in [1.29, 1.82) is 0 Å². The van der Waals surface area contributed by atoms with Crippen molar-refractivity contribution >= 4 is 11.1 Å². The summed E-state index contributed by atoms with van der Waals surface area (Å²) in [6, 6.07) is 1.80. The molecule has 0 saturated carbocycles. The predicted molar refractivity (Wildman–Crippen MR) is 31.8 cm³/mol. The first-order valence-corrected chi connectivity index (χ1v) is 2.60. The Morgan fingerprint density at radius 2 is 2.44 bits per heavy atom. The van der Waals surface area contributed by atoms with Gasteiger partial charge in [0.25, 0.3) is 0 Å². The van der Waals surface area contributed by atoms with Crippen molar-refractivity contribution in [2.75, 3.05) is 0 Å². The summed E-state index contributed by atoms with van der Waals surface area (Å²) >= 11 is 0. The Morgan fingerprint density at radius 3 is 3.33 bits per heavy atom. The Hall–Kier alpha value is -1.38. The summed E-state index contributed by atoms with van der Waals surface area (Å²) in [5.74, 6) is 0. The number of furan rings is 1. The van der Waals surface area contributed by atoms with E-state index in [-0.39, 0.29) is 0 Å². The topological polar surface area (TPSA) is 38.9 Å². The first-order chi connectivity index (χ1) is 4.47. The highest BCUT2D eigenvalue weighted by molar-refractivity contribution is 5.70. The minimum Gasteiger partial charge on any atom is -0.461 e. The maximum Gasteiger partial charge on any atom is 0.170 e. The molecule has 0 amide bonds. The Labute approximate surface area is 51.3 Å². The molecule has 0 aliphatic rings. The zero-order valence-corrected chi connectivity index (χ0v) is 4.61. The number of rotatable bonds is 0. The number of aromatic nitrogens is 2. The molecule has 0 aromatic carbocycles. The maximum atomic E-state index is 4.99. The van der Waals surface area contributed by atoms with Crippen LogP contribution in [0.3, 0.4) is 0 Å². The molecule has 2 rings (SSSR count). The van der Waals surface area contributed by atoms with E-state index in [0.29, 0.717) is 0 Å². The molecule has 3 nitrogen and oxygen atoms in total. The van der Waals surface area contributed by atoms with Crippen molar-refractivity contribution < 1.29 is 4.42 Å². The highest BCUT2D eigenvalue weighted by Crippen LogP contribution is 2.08. The Kier molecular flexibility index (Phi) is 0.773. The van der Waals surface area contributed by atoms with E-state index in [2.05, 4.69) is 9.97 Å². The monoisotopic (exact) mass is 120 g/mol. The van der Waals surface area contributed by atoms with Gasteiger partial charge in [-0.05, 0) is 0 Å². The largest absolute Gasteiger partial charge is 0.461 e. The Bertz CT molecular complexity index is 285. The number of nitrogens with zero attached hydrogens (tertiary/aromatic N) is 2. The van der Waals surface area contributed by atoms with Crippen molar-refractivity contribution in [3.8, 4) is 0 Å². The molecule has 2 aromatic heterocycles. The van der Waals surface area contributed by atoms with Gasteiger partial charge in [0, 0.05) is 6.07 Å². The summed E-state index contributed by atoms with van der Waals surface area (Å²) in [5.41, 5.74) is 1.59. The molecule has 0 bridgehead atoms. The van der Waals surface area contributed by atoms with Crippen LogP contribution in [-0.2, 0) is 0 Å². The van der Waals surface area contributed by atoms with Crippen molar-refractivity contribution in [2.24, 2.45) is 0 Å². The van der Waals surface area contributed by atoms with Gasteiger partial charge in [0.15, 0.2) is 5.58 Å². The van der Waals surface area contributed by atoms with E-state index in [0.717, 1.165) is 11.1 Å². The highest BCUT2D eigenvalue weighted by atomic mass is 16.3. The van der Waals surface area contributed by atoms with E-state index in [4.69, 9.17) is 4.42 Å². The van der Waals surface area contributed by atoms with Crippen molar-refractivity contribution in [3.05, 3.63) is 24.9 Å². The van der Waals surface area contributed by atoms with Crippen LogP contribution in [0.25, 0.3) is 11.1 Å². The number of hydrogen-bond donors (Lipinski definition) is 0. The van der Waals surface area contributed by atoms with Crippen LogP contribution in [-0.4, -0.2) is 9.97 Å². The van der Waals surface area contributed by atoms with Crippen LogP contribution in [0.4, 0.5) is 0 Å². The van der Waals surface area contributed by atoms with Gasteiger partial charge in [-0.2, -0.15) is 0 Å². The van der Waals surface area contributed by atoms with E-state index >= 15 is 0 Å². The summed E-state index contributed by atoms with van der Waals surface area (Å²) in [4.78, 5) is 7.72. The minimum atomic E-state index is 0.734. The Morgan fingerprint density at radius 1 is 1.44 bits per heavy atom. The average Bonchev–Trinajstić information content (AvgIpc) is 2.33. The standard InChI is InChI=1S/C6H4N2O/c1-2-9-6-3-7-4-8-5(1)6/h1-4H. The molecule has 0 N–H and O–H groups in total. The normalized spacial score (nSPS) is 10.2. The molecule has 44 valence electrons. The molecule has 0 radical (unpaired) electrons. The molecule has 0 spiro atoms. The fourth-order valence-electron chi connectivity index (χ4n) is 0.714. The Balaban J connectivity index is 2.95. The van der Waals surface area contributed by atoms with Gasteiger partial charge in [0.2, 0.25) is 0 Å². The quantitative estimate of drug-likeness (QED) is 0.524.